The first kappa shape index (κ1) is 16.5. The summed E-state index contributed by atoms with van der Waals surface area (Å²) in [5.41, 5.74) is 0. The second-order valence-corrected chi connectivity index (χ2v) is 3.54. The Balaban J connectivity index is 3.97. The van der Waals surface area contributed by atoms with E-state index < -0.39 is 12.6 Å². The van der Waals surface area contributed by atoms with Crippen molar-refractivity contribution in [1.82, 2.24) is 16.0 Å². The number of carbonyl (C=O) groups excluding carboxylic acids is 1. The Bertz CT molecular complexity index is 279. The zero-order chi connectivity index (χ0) is 14.0. The second-order valence-electron chi connectivity index (χ2n) is 3.54. The van der Waals surface area contributed by atoms with E-state index in [0.717, 1.165) is 0 Å². The van der Waals surface area contributed by atoms with Crippen LogP contribution in [0.4, 0.5) is 13.2 Å². The average molecular weight is 268 g/mol. The van der Waals surface area contributed by atoms with Gasteiger partial charge in [0.1, 0.15) is 0 Å². The van der Waals surface area contributed by atoms with Gasteiger partial charge in [0.05, 0.1) is 13.0 Å². The number of nitrogens with zero attached hydrogens (tertiary/aromatic N) is 1. The van der Waals surface area contributed by atoms with Crippen molar-refractivity contribution in [2.45, 2.75) is 26.4 Å². The number of amides is 1. The van der Waals surface area contributed by atoms with Gasteiger partial charge in [-0.3, -0.25) is 9.79 Å². The van der Waals surface area contributed by atoms with Gasteiger partial charge in [-0.05, 0) is 6.92 Å². The van der Waals surface area contributed by atoms with Crippen LogP contribution in [-0.2, 0) is 4.79 Å². The minimum atomic E-state index is -4.20. The Morgan fingerprint density at radius 2 is 1.78 bits per heavy atom. The molecule has 0 spiro atoms. The molecule has 0 aliphatic carbocycles. The maximum atomic E-state index is 11.9. The van der Waals surface area contributed by atoms with Crippen molar-refractivity contribution in [2.24, 2.45) is 4.99 Å². The van der Waals surface area contributed by atoms with E-state index >= 15 is 0 Å². The quantitative estimate of drug-likeness (QED) is 0.376. The molecule has 0 unspecified atom stereocenters. The summed E-state index contributed by atoms with van der Waals surface area (Å²) >= 11 is 0. The lowest BCUT2D eigenvalue weighted by atomic mass is 10.4. The van der Waals surface area contributed by atoms with Crippen molar-refractivity contribution in [3.8, 4) is 0 Å². The van der Waals surface area contributed by atoms with Crippen LogP contribution in [0.15, 0.2) is 4.99 Å². The zero-order valence-corrected chi connectivity index (χ0v) is 10.5. The van der Waals surface area contributed by atoms with Gasteiger partial charge in [0.25, 0.3) is 0 Å². The molecule has 0 saturated heterocycles. The molecule has 0 fully saturated rings. The van der Waals surface area contributed by atoms with Crippen LogP contribution >= 0.6 is 0 Å². The molecule has 18 heavy (non-hydrogen) atoms. The number of hydrogen-bond acceptors (Lipinski definition) is 2. The summed E-state index contributed by atoms with van der Waals surface area (Å²) in [6.07, 6.45) is -5.15. The van der Waals surface area contributed by atoms with Gasteiger partial charge in [0.2, 0.25) is 5.91 Å². The maximum absolute atomic E-state index is 11.9. The topological polar surface area (TPSA) is 65.5 Å². The van der Waals surface area contributed by atoms with Gasteiger partial charge in [0, 0.05) is 26.6 Å². The molecule has 0 radical (unpaired) electrons. The van der Waals surface area contributed by atoms with E-state index in [9.17, 15) is 18.0 Å². The predicted octanol–water partition coefficient (Wildman–Crippen LogP) is 0.630. The van der Waals surface area contributed by atoms with Gasteiger partial charge >= 0.3 is 6.18 Å². The van der Waals surface area contributed by atoms with E-state index in [1.807, 2.05) is 6.92 Å². The van der Waals surface area contributed by atoms with Crippen LogP contribution in [0.5, 0.6) is 0 Å². The highest BCUT2D eigenvalue weighted by Crippen LogP contribution is 2.18. The van der Waals surface area contributed by atoms with Gasteiger partial charge in [-0.1, -0.05) is 0 Å². The lowest BCUT2D eigenvalue weighted by Crippen LogP contribution is -2.41. The summed E-state index contributed by atoms with van der Waals surface area (Å²) in [5, 5.41) is 8.19. The number of alkyl halides is 3. The van der Waals surface area contributed by atoms with Crippen molar-refractivity contribution in [3.63, 3.8) is 0 Å². The van der Waals surface area contributed by atoms with Gasteiger partial charge < -0.3 is 16.0 Å². The predicted molar refractivity (Wildman–Crippen MR) is 63.3 cm³/mol. The zero-order valence-electron chi connectivity index (χ0n) is 10.5. The molecule has 5 nitrogen and oxygen atoms in total. The summed E-state index contributed by atoms with van der Waals surface area (Å²) < 4.78 is 35.8. The molecule has 0 rings (SSSR count). The summed E-state index contributed by atoms with van der Waals surface area (Å²) in [6.45, 7) is 4.23. The fourth-order valence-corrected chi connectivity index (χ4v) is 1.06. The van der Waals surface area contributed by atoms with Crippen LogP contribution < -0.4 is 16.0 Å². The van der Waals surface area contributed by atoms with E-state index in [1.165, 1.54) is 6.92 Å². The molecule has 0 aromatic carbocycles. The summed E-state index contributed by atoms with van der Waals surface area (Å²) in [5.74, 6) is 0.155. The molecule has 0 heterocycles. The van der Waals surface area contributed by atoms with Crippen LogP contribution in [0.25, 0.3) is 0 Å². The summed E-state index contributed by atoms with van der Waals surface area (Å²) in [4.78, 5) is 14.4. The molecule has 106 valence electrons. The molecule has 0 aromatic rings. The first-order chi connectivity index (χ1) is 8.35. The number of hydrogen-bond donors (Lipinski definition) is 3. The molecule has 0 atom stereocenters. The standard InChI is InChI=1S/C10H19F3N4O/c1-3-14-9(16-5-4-10(11,12)13)17-7-6-15-8(2)18/h3-7H2,1-2H3,(H,15,18)(H2,14,16,17). The van der Waals surface area contributed by atoms with Crippen molar-refractivity contribution in [2.75, 3.05) is 26.2 Å². The summed E-state index contributed by atoms with van der Waals surface area (Å²) in [7, 11) is 0. The Morgan fingerprint density at radius 3 is 2.28 bits per heavy atom. The lowest BCUT2D eigenvalue weighted by Gasteiger charge is -2.11. The van der Waals surface area contributed by atoms with E-state index in [4.69, 9.17) is 0 Å². The number of guanidine groups is 1. The normalized spacial score (nSPS) is 12.2. The highest BCUT2D eigenvalue weighted by atomic mass is 19.4. The van der Waals surface area contributed by atoms with Crippen LogP contribution in [-0.4, -0.2) is 44.2 Å². The van der Waals surface area contributed by atoms with Gasteiger partial charge in [-0.25, -0.2) is 0 Å². The Hall–Kier alpha value is -1.47. The molecule has 0 saturated carbocycles. The summed E-state index contributed by atoms with van der Waals surface area (Å²) in [6, 6.07) is 0. The third kappa shape index (κ3) is 11.0. The van der Waals surface area contributed by atoms with Crippen molar-refractivity contribution < 1.29 is 18.0 Å². The third-order valence-electron chi connectivity index (χ3n) is 1.80. The molecule has 3 N–H and O–H groups in total. The van der Waals surface area contributed by atoms with Crippen molar-refractivity contribution in [1.29, 1.82) is 0 Å². The molecule has 0 aromatic heterocycles. The first-order valence-corrected chi connectivity index (χ1v) is 5.68. The van der Waals surface area contributed by atoms with Crippen molar-refractivity contribution in [3.05, 3.63) is 0 Å². The molecule has 1 amide bonds. The first-order valence-electron chi connectivity index (χ1n) is 5.68. The van der Waals surface area contributed by atoms with E-state index in [1.54, 1.807) is 0 Å². The number of carbonyl (C=O) groups is 1. The molecular formula is C10H19F3N4O. The van der Waals surface area contributed by atoms with E-state index in [2.05, 4.69) is 20.9 Å². The minimum Gasteiger partial charge on any atom is -0.357 e. The molecule has 0 aliphatic heterocycles. The number of rotatable bonds is 6. The fourth-order valence-electron chi connectivity index (χ4n) is 1.06. The second kappa shape index (κ2) is 8.60. The lowest BCUT2D eigenvalue weighted by molar-refractivity contribution is -0.132. The van der Waals surface area contributed by atoms with Gasteiger partial charge in [0.15, 0.2) is 5.96 Å². The van der Waals surface area contributed by atoms with E-state index in [0.29, 0.717) is 25.6 Å². The van der Waals surface area contributed by atoms with Gasteiger partial charge in [-0.2, -0.15) is 13.2 Å². The van der Waals surface area contributed by atoms with Crippen molar-refractivity contribution >= 4 is 11.9 Å². The largest absolute Gasteiger partial charge is 0.390 e. The van der Waals surface area contributed by atoms with Gasteiger partial charge in [-0.15, -0.1) is 0 Å². The monoisotopic (exact) mass is 268 g/mol. The molecule has 0 bridgehead atoms. The Labute approximate surface area is 104 Å². The number of aliphatic imine (C=N–C) groups is 1. The minimum absolute atomic E-state index is 0.157. The number of halogens is 3. The SMILES string of the molecule is CCNC(=NCCC(F)(F)F)NCCNC(C)=O. The van der Waals surface area contributed by atoms with Crippen LogP contribution in [0.3, 0.4) is 0 Å². The smallest absolute Gasteiger partial charge is 0.357 e. The van der Waals surface area contributed by atoms with E-state index in [-0.39, 0.29) is 12.5 Å². The molecule has 0 aliphatic rings. The fraction of sp³-hybridized carbons (Fsp3) is 0.800. The maximum Gasteiger partial charge on any atom is 0.390 e. The molecule has 8 heteroatoms. The average Bonchev–Trinajstić information content (AvgIpc) is 2.22. The Morgan fingerprint density at radius 1 is 1.17 bits per heavy atom. The van der Waals surface area contributed by atoms with Crippen LogP contribution in [0.2, 0.25) is 0 Å². The highest BCUT2D eigenvalue weighted by Gasteiger charge is 2.26. The molecular weight excluding hydrogens is 249 g/mol. The highest BCUT2D eigenvalue weighted by molar-refractivity contribution is 5.79. The third-order valence-corrected chi connectivity index (χ3v) is 1.80. The number of nitrogens with one attached hydrogen (secondary N) is 3. The van der Waals surface area contributed by atoms with Crippen LogP contribution in [0.1, 0.15) is 20.3 Å². The van der Waals surface area contributed by atoms with Crippen LogP contribution in [0, 0.1) is 0 Å². The Kier molecular flexibility index (Phi) is 7.89.